The van der Waals surface area contributed by atoms with E-state index in [0.29, 0.717) is 0 Å². The summed E-state index contributed by atoms with van der Waals surface area (Å²) in [6.45, 7) is 1.99. The summed E-state index contributed by atoms with van der Waals surface area (Å²) in [6.07, 6.45) is 0.739. The van der Waals surface area contributed by atoms with Gasteiger partial charge >= 0.3 is 5.97 Å². The number of carbonyl (C=O) groups is 2. The molecule has 1 heterocycles. The number of carboxylic acid groups (broad SMARTS) is 1. The highest BCUT2D eigenvalue weighted by atomic mass is 16.4. The number of aromatic nitrogens is 1. The molecule has 21 heavy (non-hydrogen) atoms. The SMILES string of the molecule is CCc1[nH]c2ccccc2c1NC(=O)[C@@H](N)CCC(=O)O. The Labute approximate surface area is 122 Å². The van der Waals surface area contributed by atoms with Gasteiger partial charge in [0.05, 0.1) is 11.7 Å². The number of carboxylic acids is 1. The van der Waals surface area contributed by atoms with Crippen LogP contribution in [0.2, 0.25) is 0 Å². The standard InChI is InChI=1S/C15H19N3O3/c1-2-11-14(9-5-3-4-6-12(9)17-11)18-15(21)10(16)7-8-13(19)20/h3-6,10,17H,2,7-8,16H2,1H3,(H,18,21)(H,19,20)/t10-/m0/s1. The van der Waals surface area contributed by atoms with Crippen molar-refractivity contribution in [2.24, 2.45) is 5.73 Å². The maximum Gasteiger partial charge on any atom is 0.303 e. The zero-order valence-electron chi connectivity index (χ0n) is 11.8. The number of anilines is 1. The first-order valence-corrected chi connectivity index (χ1v) is 6.90. The lowest BCUT2D eigenvalue weighted by molar-refractivity contribution is -0.137. The molecule has 0 unspecified atom stereocenters. The highest BCUT2D eigenvalue weighted by molar-refractivity contribution is 6.04. The van der Waals surface area contributed by atoms with Crippen LogP contribution in [0.1, 0.15) is 25.5 Å². The van der Waals surface area contributed by atoms with Crippen molar-refractivity contribution >= 4 is 28.5 Å². The molecule has 1 amide bonds. The lowest BCUT2D eigenvalue weighted by Crippen LogP contribution is -2.36. The molecular formula is C15H19N3O3. The molecule has 2 rings (SSSR count). The minimum Gasteiger partial charge on any atom is -0.481 e. The van der Waals surface area contributed by atoms with E-state index >= 15 is 0 Å². The smallest absolute Gasteiger partial charge is 0.303 e. The van der Waals surface area contributed by atoms with E-state index < -0.39 is 12.0 Å². The number of benzene rings is 1. The van der Waals surface area contributed by atoms with Crippen molar-refractivity contribution in [3.63, 3.8) is 0 Å². The molecule has 0 radical (unpaired) electrons. The van der Waals surface area contributed by atoms with Crippen LogP contribution in [-0.4, -0.2) is 28.0 Å². The van der Waals surface area contributed by atoms with Gasteiger partial charge in [0, 0.05) is 23.0 Å². The number of hydrogen-bond donors (Lipinski definition) is 4. The van der Waals surface area contributed by atoms with Gasteiger partial charge in [-0.05, 0) is 18.9 Å². The van der Waals surface area contributed by atoms with Gasteiger partial charge in [-0.3, -0.25) is 9.59 Å². The van der Waals surface area contributed by atoms with Crippen molar-refractivity contribution in [1.82, 2.24) is 4.98 Å². The van der Waals surface area contributed by atoms with Gasteiger partial charge < -0.3 is 21.1 Å². The second kappa shape index (κ2) is 6.41. The van der Waals surface area contributed by atoms with E-state index in [-0.39, 0.29) is 18.7 Å². The summed E-state index contributed by atoms with van der Waals surface area (Å²) in [5.41, 5.74) is 8.33. The fraction of sp³-hybridized carbons (Fsp3) is 0.333. The number of carbonyl (C=O) groups excluding carboxylic acids is 1. The molecule has 1 aromatic carbocycles. The van der Waals surface area contributed by atoms with Gasteiger partial charge in [-0.15, -0.1) is 0 Å². The Balaban J connectivity index is 2.18. The summed E-state index contributed by atoms with van der Waals surface area (Å²) >= 11 is 0. The quantitative estimate of drug-likeness (QED) is 0.651. The molecule has 0 aliphatic heterocycles. The molecule has 5 N–H and O–H groups in total. The Kier molecular flexibility index (Phi) is 4.59. The van der Waals surface area contributed by atoms with Gasteiger partial charge in [0.15, 0.2) is 0 Å². The number of aryl methyl sites for hydroxylation is 1. The molecule has 2 aromatic rings. The summed E-state index contributed by atoms with van der Waals surface area (Å²) in [5.74, 6) is -1.32. The van der Waals surface area contributed by atoms with Crippen LogP contribution in [0.4, 0.5) is 5.69 Å². The Morgan fingerprint density at radius 3 is 2.76 bits per heavy atom. The number of nitrogens with one attached hydrogen (secondary N) is 2. The predicted molar refractivity (Wildman–Crippen MR) is 81.2 cm³/mol. The topological polar surface area (TPSA) is 108 Å². The first-order valence-electron chi connectivity index (χ1n) is 6.90. The third-order valence-corrected chi connectivity index (χ3v) is 3.39. The molecule has 0 aliphatic rings. The van der Waals surface area contributed by atoms with Gasteiger partial charge in [0.2, 0.25) is 5.91 Å². The van der Waals surface area contributed by atoms with Crippen molar-refractivity contribution < 1.29 is 14.7 Å². The number of fused-ring (bicyclic) bond motifs is 1. The first-order chi connectivity index (χ1) is 10.0. The Morgan fingerprint density at radius 1 is 1.38 bits per heavy atom. The highest BCUT2D eigenvalue weighted by Crippen LogP contribution is 2.28. The summed E-state index contributed by atoms with van der Waals surface area (Å²) in [6, 6.07) is 6.84. The van der Waals surface area contributed by atoms with Gasteiger partial charge in [-0.2, -0.15) is 0 Å². The molecular weight excluding hydrogens is 270 g/mol. The number of amides is 1. The Hall–Kier alpha value is -2.34. The molecule has 6 nitrogen and oxygen atoms in total. The number of hydrogen-bond acceptors (Lipinski definition) is 3. The Bertz CT molecular complexity index is 663. The lowest BCUT2D eigenvalue weighted by Gasteiger charge is -2.12. The fourth-order valence-corrected chi connectivity index (χ4v) is 2.23. The lowest BCUT2D eigenvalue weighted by atomic mass is 10.1. The average Bonchev–Trinajstić information content (AvgIpc) is 2.82. The van der Waals surface area contributed by atoms with Gasteiger partial charge in [0.25, 0.3) is 0 Å². The van der Waals surface area contributed by atoms with Crippen molar-refractivity contribution in [2.45, 2.75) is 32.2 Å². The van der Waals surface area contributed by atoms with Crippen LogP contribution in [-0.2, 0) is 16.0 Å². The maximum atomic E-state index is 12.1. The van der Waals surface area contributed by atoms with Crippen LogP contribution in [0.25, 0.3) is 10.9 Å². The number of aromatic amines is 1. The van der Waals surface area contributed by atoms with E-state index in [0.717, 1.165) is 28.7 Å². The highest BCUT2D eigenvalue weighted by Gasteiger charge is 2.18. The van der Waals surface area contributed by atoms with Crippen molar-refractivity contribution in [3.8, 4) is 0 Å². The molecule has 6 heteroatoms. The molecule has 0 fully saturated rings. The van der Waals surface area contributed by atoms with Gasteiger partial charge in [-0.25, -0.2) is 0 Å². The normalized spacial score (nSPS) is 12.3. The van der Waals surface area contributed by atoms with E-state index in [1.807, 2.05) is 31.2 Å². The molecule has 1 aromatic heterocycles. The molecule has 0 saturated carbocycles. The number of para-hydroxylation sites is 1. The zero-order valence-corrected chi connectivity index (χ0v) is 11.8. The van der Waals surface area contributed by atoms with E-state index in [1.54, 1.807) is 0 Å². The van der Waals surface area contributed by atoms with E-state index in [9.17, 15) is 9.59 Å². The van der Waals surface area contributed by atoms with E-state index in [1.165, 1.54) is 0 Å². The number of nitrogens with two attached hydrogens (primary N) is 1. The van der Waals surface area contributed by atoms with Crippen molar-refractivity contribution in [3.05, 3.63) is 30.0 Å². The van der Waals surface area contributed by atoms with Crippen molar-refractivity contribution in [2.75, 3.05) is 5.32 Å². The second-order valence-corrected chi connectivity index (χ2v) is 4.91. The average molecular weight is 289 g/mol. The van der Waals surface area contributed by atoms with Crippen molar-refractivity contribution in [1.29, 1.82) is 0 Å². The van der Waals surface area contributed by atoms with Gasteiger partial charge in [0.1, 0.15) is 0 Å². The third-order valence-electron chi connectivity index (χ3n) is 3.39. The van der Waals surface area contributed by atoms with Crippen LogP contribution in [0, 0.1) is 0 Å². The third kappa shape index (κ3) is 3.41. The molecule has 0 aliphatic carbocycles. The molecule has 0 spiro atoms. The number of aliphatic carboxylic acids is 1. The molecule has 112 valence electrons. The minimum absolute atomic E-state index is 0.116. The van der Waals surface area contributed by atoms with Gasteiger partial charge in [-0.1, -0.05) is 25.1 Å². The van der Waals surface area contributed by atoms with Crippen LogP contribution >= 0.6 is 0 Å². The van der Waals surface area contributed by atoms with E-state index in [4.69, 9.17) is 10.8 Å². The van der Waals surface area contributed by atoms with Crippen LogP contribution in [0.3, 0.4) is 0 Å². The molecule has 0 saturated heterocycles. The fourth-order valence-electron chi connectivity index (χ4n) is 2.23. The number of rotatable bonds is 6. The summed E-state index contributed by atoms with van der Waals surface area (Å²) < 4.78 is 0. The summed E-state index contributed by atoms with van der Waals surface area (Å²) in [5, 5.41) is 12.4. The van der Waals surface area contributed by atoms with Crippen LogP contribution in [0.15, 0.2) is 24.3 Å². The minimum atomic E-state index is -0.959. The molecule has 0 bridgehead atoms. The maximum absolute atomic E-state index is 12.1. The largest absolute Gasteiger partial charge is 0.481 e. The van der Waals surface area contributed by atoms with Crippen LogP contribution in [0.5, 0.6) is 0 Å². The molecule has 1 atom stereocenters. The summed E-state index contributed by atoms with van der Waals surface area (Å²) in [7, 11) is 0. The monoisotopic (exact) mass is 289 g/mol. The van der Waals surface area contributed by atoms with E-state index in [2.05, 4.69) is 10.3 Å². The zero-order chi connectivity index (χ0) is 15.4. The second-order valence-electron chi connectivity index (χ2n) is 4.91. The Morgan fingerprint density at radius 2 is 2.10 bits per heavy atom. The van der Waals surface area contributed by atoms with Crippen LogP contribution < -0.4 is 11.1 Å². The first kappa shape index (κ1) is 15.1. The summed E-state index contributed by atoms with van der Waals surface area (Å²) in [4.78, 5) is 25.9. The number of H-pyrrole nitrogens is 1. The predicted octanol–water partition coefficient (Wildman–Crippen LogP) is 1.86.